The second-order valence-electron chi connectivity index (χ2n) is 3.99. The zero-order chi connectivity index (χ0) is 13.1. The van der Waals surface area contributed by atoms with Crippen molar-refractivity contribution >= 4 is 23.2 Å². The highest BCUT2D eigenvalue weighted by Crippen LogP contribution is 2.32. The van der Waals surface area contributed by atoms with Gasteiger partial charge in [0.1, 0.15) is 11.5 Å². The van der Waals surface area contributed by atoms with Crippen LogP contribution in [0.1, 0.15) is 18.8 Å². The molecule has 2 unspecified atom stereocenters. The summed E-state index contributed by atoms with van der Waals surface area (Å²) in [4.78, 5) is 0. The lowest BCUT2D eigenvalue weighted by atomic mass is 10.1. The number of hydrogen-bond acceptors (Lipinski definition) is 3. The molecule has 96 valence electrons. The molecule has 1 aromatic carbocycles. The molecule has 0 saturated carbocycles. The molecule has 0 radical (unpaired) electrons. The van der Waals surface area contributed by atoms with Crippen molar-refractivity contribution in [3.05, 3.63) is 52.4 Å². The van der Waals surface area contributed by atoms with Gasteiger partial charge in [0.2, 0.25) is 0 Å². The van der Waals surface area contributed by atoms with Gasteiger partial charge in [0.05, 0.1) is 11.3 Å². The molecule has 1 heterocycles. The molecular weight excluding hydrogens is 273 g/mol. The molecule has 1 aromatic heterocycles. The summed E-state index contributed by atoms with van der Waals surface area (Å²) < 4.78 is 11.1. The van der Waals surface area contributed by atoms with E-state index in [9.17, 15) is 0 Å². The van der Waals surface area contributed by atoms with Crippen LogP contribution in [0, 0.1) is 0 Å². The first-order chi connectivity index (χ1) is 8.58. The molecule has 3 nitrogen and oxygen atoms in total. The van der Waals surface area contributed by atoms with Crippen LogP contribution in [0.15, 0.2) is 41.0 Å². The Balaban J connectivity index is 2.24. The topological polar surface area (TPSA) is 48.4 Å². The van der Waals surface area contributed by atoms with Crippen LogP contribution < -0.4 is 10.5 Å². The predicted octanol–water partition coefficient (Wildman–Crippen LogP) is 4.05. The third-order valence-electron chi connectivity index (χ3n) is 2.45. The predicted molar refractivity (Wildman–Crippen MR) is 72.2 cm³/mol. The van der Waals surface area contributed by atoms with Gasteiger partial charge in [0.25, 0.3) is 0 Å². The maximum atomic E-state index is 6.06. The van der Waals surface area contributed by atoms with Crippen LogP contribution in [0.4, 0.5) is 0 Å². The molecule has 0 aliphatic heterocycles. The van der Waals surface area contributed by atoms with Gasteiger partial charge in [-0.25, -0.2) is 0 Å². The van der Waals surface area contributed by atoms with Gasteiger partial charge in [-0.15, -0.1) is 0 Å². The van der Waals surface area contributed by atoms with Crippen LogP contribution in [0.3, 0.4) is 0 Å². The van der Waals surface area contributed by atoms with Crippen molar-refractivity contribution in [3.63, 3.8) is 0 Å². The van der Waals surface area contributed by atoms with Crippen LogP contribution >= 0.6 is 23.2 Å². The van der Waals surface area contributed by atoms with E-state index in [1.54, 1.807) is 30.5 Å². The van der Waals surface area contributed by atoms with E-state index in [4.69, 9.17) is 38.1 Å². The van der Waals surface area contributed by atoms with Crippen molar-refractivity contribution < 1.29 is 9.15 Å². The van der Waals surface area contributed by atoms with Gasteiger partial charge in [0, 0.05) is 11.1 Å². The minimum Gasteiger partial charge on any atom is -0.479 e. The molecule has 2 aromatic rings. The lowest BCUT2D eigenvalue weighted by Gasteiger charge is -2.21. The second-order valence-corrected chi connectivity index (χ2v) is 4.83. The molecule has 0 spiro atoms. The van der Waals surface area contributed by atoms with Crippen LogP contribution in [0.5, 0.6) is 5.75 Å². The first-order valence-corrected chi connectivity index (χ1v) is 6.24. The molecule has 2 atom stereocenters. The molecule has 0 bridgehead atoms. The highest BCUT2D eigenvalue weighted by atomic mass is 35.5. The smallest absolute Gasteiger partial charge is 0.171 e. The summed E-state index contributed by atoms with van der Waals surface area (Å²) in [6.07, 6.45) is 1.19. The van der Waals surface area contributed by atoms with E-state index in [1.807, 2.05) is 13.0 Å². The second kappa shape index (κ2) is 5.65. The Morgan fingerprint density at radius 3 is 2.61 bits per heavy atom. The monoisotopic (exact) mass is 285 g/mol. The standard InChI is InChI=1S/C13H13Cl2NO2/c1-8(16)13(12-3-2-6-17-12)18-11-5-4-9(14)7-10(11)15/h2-8,13H,16H2,1H3. The molecule has 0 aliphatic rings. The van der Waals surface area contributed by atoms with Gasteiger partial charge in [0.15, 0.2) is 6.10 Å². The summed E-state index contributed by atoms with van der Waals surface area (Å²) in [6.45, 7) is 1.84. The molecule has 2 rings (SSSR count). The lowest BCUT2D eigenvalue weighted by Crippen LogP contribution is -2.28. The van der Waals surface area contributed by atoms with Gasteiger partial charge in [-0.1, -0.05) is 23.2 Å². The number of ether oxygens (including phenoxy) is 1. The zero-order valence-electron chi connectivity index (χ0n) is 9.77. The molecule has 0 aliphatic carbocycles. The molecule has 18 heavy (non-hydrogen) atoms. The van der Waals surface area contributed by atoms with Crippen molar-refractivity contribution in [2.24, 2.45) is 5.73 Å². The quantitative estimate of drug-likeness (QED) is 0.922. The van der Waals surface area contributed by atoms with Gasteiger partial charge < -0.3 is 14.9 Å². The molecule has 0 fully saturated rings. The minimum atomic E-state index is -0.390. The third-order valence-corrected chi connectivity index (χ3v) is 2.98. The fourth-order valence-electron chi connectivity index (χ4n) is 1.59. The van der Waals surface area contributed by atoms with Gasteiger partial charge in [-0.05, 0) is 37.3 Å². The van der Waals surface area contributed by atoms with Crippen LogP contribution in [-0.2, 0) is 0 Å². The number of nitrogens with two attached hydrogens (primary N) is 1. The summed E-state index contributed by atoms with van der Waals surface area (Å²) in [5, 5.41) is 1.00. The average molecular weight is 286 g/mol. The Bertz CT molecular complexity index is 512. The Labute approximate surface area is 115 Å². The number of furan rings is 1. The summed E-state index contributed by atoms with van der Waals surface area (Å²) in [6, 6.07) is 8.42. The molecule has 5 heteroatoms. The van der Waals surface area contributed by atoms with Gasteiger partial charge in [-0.2, -0.15) is 0 Å². The van der Waals surface area contributed by atoms with Crippen LogP contribution in [0.2, 0.25) is 10.0 Å². The van der Waals surface area contributed by atoms with E-state index in [2.05, 4.69) is 0 Å². The van der Waals surface area contributed by atoms with Crippen molar-refractivity contribution in [2.45, 2.75) is 19.1 Å². The first-order valence-electron chi connectivity index (χ1n) is 5.48. The first kappa shape index (κ1) is 13.3. The fourth-order valence-corrected chi connectivity index (χ4v) is 2.04. The van der Waals surface area contributed by atoms with Crippen molar-refractivity contribution in [1.82, 2.24) is 0 Å². The molecular formula is C13H13Cl2NO2. The van der Waals surface area contributed by atoms with Gasteiger partial charge in [-0.3, -0.25) is 0 Å². The Morgan fingerprint density at radius 1 is 1.28 bits per heavy atom. The molecule has 0 amide bonds. The van der Waals surface area contributed by atoms with Crippen molar-refractivity contribution in [1.29, 1.82) is 0 Å². The van der Waals surface area contributed by atoms with E-state index in [1.165, 1.54) is 0 Å². The average Bonchev–Trinajstić information content (AvgIpc) is 2.80. The van der Waals surface area contributed by atoms with E-state index in [-0.39, 0.29) is 6.04 Å². The lowest BCUT2D eigenvalue weighted by molar-refractivity contribution is 0.153. The summed E-state index contributed by atoms with van der Waals surface area (Å²) in [7, 11) is 0. The maximum absolute atomic E-state index is 6.06. The maximum Gasteiger partial charge on any atom is 0.171 e. The molecule has 0 saturated heterocycles. The Hall–Kier alpha value is -1.16. The van der Waals surface area contributed by atoms with Gasteiger partial charge >= 0.3 is 0 Å². The number of hydrogen-bond donors (Lipinski definition) is 1. The van der Waals surface area contributed by atoms with E-state index < -0.39 is 6.10 Å². The highest BCUT2D eigenvalue weighted by molar-refractivity contribution is 6.35. The normalized spacial score (nSPS) is 14.2. The minimum absolute atomic E-state index is 0.233. The van der Waals surface area contributed by atoms with Crippen LogP contribution in [0.25, 0.3) is 0 Å². The third kappa shape index (κ3) is 2.99. The highest BCUT2D eigenvalue weighted by Gasteiger charge is 2.22. The van der Waals surface area contributed by atoms with E-state index >= 15 is 0 Å². The zero-order valence-corrected chi connectivity index (χ0v) is 11.3. The number of benzene rings is 1. The largest absolute Gasteiger partial charge is 0.479 e. The van der Waals surface area contributed by atoms with Crippen molar-refractivity contribution in [2.75, 3.05) is 0 Å². The number of rotatable bonds is 4. The number of halogens is 2. The summed E-state index contributed by atoms with van der Waals surface area (Å²) in [5.74, 6) is 1.19. The Morgan fingerprint density at radius 2 is 2.06 bits per heavy atom. The molecule has 2 N–H and O–H groups in total. The van der Waals surface area contributed by atoms with E-state index in [0.717, 1.165) is 0 Å². The fraction of sp³-hybridized carbons (Fsp3) is 0.231. The summed E-state index contributed by atoms with van der Waals surface area (Å²) in [5.41, 5.74) is 5.90. The Kier molecular flexibility index (Phi) is 4.17. The van der Waals surface area contributed by atoms with Crippen LogP contribution in [-0.4, -0.2) is 6.04 Å². The summed E-state index contributed by atoms with van der Waals surface area (Å²) >= 11 is 11.9. The van der Waals surface area contributed by atoms with Crippen molar-refractivity contribution in [3.8, 4) is 5.75 Å². The van der Waals surface area contributed by atoms with E-state index in [0.29, 0.717) is 21.6 Å². The SMILES string of the molecule is CC(N)C(Oc1ccc(Cl)cc1Cl)c1ccco1.